The minimum Gasteiger partial charge on any atom is -0.309 e. The molecule has 16 heteroatoms. The van der Waals surface area contributed by atoms with Gasteiger partial charge in [-0.15, -0.1) is 12.4 Å². The highest BCUT2D eigenvalue weighted by Gasteiger charge is 2.23. The number of fused-ring (bicyclic) bond motifs is 6. The highest BCUT2D eigenvalue weighted by Crippen LogP contribution is 2.24. The smallest absolute Gasteiger partial charge is 0.261 e. The number of nitrogens with zero attached hydrogens (tertiary/aromatic N) is 8. The molecule has 12 rings (SSSR count). The van der Waals surface area contributed by atoms with E-state index in [2.05, 4.69) is 92.3 Å². The Morgan fingerprint density at radius 1 is 0.451 bits per heavy atom. The van der Waals surface area contributed by atoms with E-state index in [1.807, 2.05) is 33.4 Å². The molecule has 0 saturated heterocycles. The lowest BCUT2D eigenvalue weighted by molar-refractivity contribution is -0.111. The first-order valence-corrected chi connectivity index (χ1v) is 30.2. The summed E-state index contributed by atoms with van der Waals surface area (Å²) >= 11 is 0. The summed E-state index contributed by atoms with van der Waals surface area (Å²) in [5, 5.41) is 1.78. The molecular weight excluding hydrogens is 1170 g/mol. The molecule has 6 heterocycles. The van der Waals surface area contributed by atoms with Gasteiger partial charge in [0.1, 0.15) is 41.2 Å². The molecule has 474 valence electrons. The van der Waals surface area contributed by atoms with E-state index >= 15 is 0 Å². The molecule has 91 heavy (non-hydrogen) atoms. The van der Waals surface area contributed by atoms with Gasteiger partial charge in [0.15, 0.2) is 0 Å². The van der Waals surface area contributed by atoms with Crippen LogP contribution in [0.5, 0.6) is 0 Å². The number of aryl methyl sites for hydroxylation is 3. The molecular formula is C75H82ClF3N8O4. The Bertz CT molecular complexity index is 4220. The van der Waals surface area contributed by atoms with Crippen LogP contribution in [-0.2, 0) is 43.7 Å². The number of carbonyl (C=O) groups excluding carboxylic acids is 1. The zero-order valence-corrected chi connectivity index (χ0v) is 52.1. The third kappa shape index (κ3) is 19.1. The predicted molar refractivity (Wildman–Crippen MR) is 364 cm³/mol. The van der Waals surface area contributed by atoms with Crippen molar-refractivity contribution >= 4 is 51.4 Å². The minimum absolute atomic E-state index is 0. The number of rotatable bonds is 5. The standard InChI is InChI=1S/2C24H24FN3O.C22H17FN2O2.C3H8.2CH4.ClH/c2*1-27(2)16-19-9-11-23-26-22-15-18(7-6-17-4-3-5-20(25)14-17)8-10-21(22)24(29)28(23)13-12-19;23-18-3-1-2-15(12-18)4-5-16-6-8-19-20(13-16)24-21-9-7-17(14-26)10-11-25(21)22(19)27;1-3-2;;;/h2*3-5,8,10,14-15,19H,9,11-13,16H2,1-2H3;1-3,6,8,12-14,17H,7,9-11H2;3H2,1-2H3;2*1H4;1H. The SMILES string of the molecule is C.C.CCC.CN(C)CC1CCc2nc3cc(C#Cc4cccc(F)c4)ccc3c(=O)n2CC1.CN(C)CC1CCc2nc3cc(C#Cc4cccc(F)c4)ccc3c(=O)n2CC1.Cl.O=CC1CCc2nc3cc(C#Cc4cccc(F)c4)ccc3c(=O)n2CC1. The van der Waals surface area contributed by atoms with Gasteiger partial charge < -0.3 is 14.6 Å². The van der Waals surface area contributed by atoms with Crippen molar-refractivity contribution in [3.63, 3.8) is 0 Å². The molecule has 0 radical (unpaired) electrons. The second-order valence-corrected chi connectivity index (χ2v) is 23.3. The summed E-state index contributed by atoms with van der Waals surface area (Å²) < 4.78 is 45.3. The van der Waals surface area contributed by atoms with Crippen molar-refractivity contribution in [3.05, 3.63) is 227 Å². The maximum absolute atomic E-state index is 13.3. The van der Waals surface area contributed by atoms with E-state index in [1.54, 1.807) is 71.3 Å². The van der Waals surface area contributed by atoms with Crippen molar-refractivity contribution in [1.29, 1.82) is 0 Å². The van der Waals surface area contributed by atoms with Gasteiger partial charge in [-0.3, -0.25) is 28.1 Å². The maximum atomic E-state index is 13.3. The monoisotopic (exact) mass is 1250 g/mol. The first-order chi connectivity index (χ1) is 42.5. The topological polar surface area (TPSA) is 128 Å². The Morgan fingerprint density at radius 2 is 0.747 bits per heavy atom. The number of aldehydes is 1. The molecule has 0 bridgehead atoms. The number of carbonyl (C=O) groups is 1. The van der Waals surface area contributed by atoms with Gasteiger partial charge in [0.05, 0.1) is 32.7 Å². The van der Waals surface area contributed by atoms with E-state index in [9.17, 15) is 32.3 Å². The third-order valence-corrected chi connectivity index (χ3v) is 15.6. The van der Waals surface area contributed by atoms with Crippen molar-refractivity contribution < 1.29 is 18.0 Å². The van der Waals surface area contributed by atoms with Crippen LogP contribution in [0.1, 0.15) is 125 Å². The summed E-state index contributed by atoms with van der Waals surface area (Å²) in [5.41, 5.74) is 5.99. The van der Waals surface area contributed by atoms with Crippen LogP contribution in [-0.4, -0.2) is 86.0 Å². The van der Waals surface area contributed by atoms with E-state index in [0.717, 1.165) is 93.8 Å². The first-order valence-electron chi connectivity index (χ1n) is 30.2. The van der Waals surface area contributed by atoms with Crippen LogP contribution in [0.2, 0.25) is 0 Å². The molecule has 9 aromatic rings. The van der Waals surface area contributed by atoms with E-state index in [4.69, 9.17) is 9.97 Å². The van der Waals surface area contributed by atoms with Gasteiger partial charge in [-0.25, -0.2) is 28.1 Å². The van der Waals surface area contributed by atoms with E-state index < -0.39 is 0 Å². The molecule has 3 aliphatic rings. The second kappa shape index (κ2) is 33.8. The molecule has 3 aromatic heterocycles. The van der Waals surface area contributed by atoms with Crippen LogP contribution in [0, 0.1) is 70.7 Å². The van der Waals surface area contributed by atoms with Gasteiger partial charge in [0.2, 0.25) is 0 Å². The van der Waals surface area contributed by atoms with Gasteiger partial charge in [-0.1, -0.05) is 88.8 Å². The second-order valence-electron chi connectivity index (χ2n) is 23.3. The molecule has 0 fully saturated rings. The number of hydrogen-bond donors (Lipinski definition) is 0. The molecule has 12 nitrogen and oxygen atoms in total. The van der Waals surface area contributed by atoms with Gasteiger partial charge in [0.25, 0.3) is 16.7 Å². The summed E-state index contributed by atoms with van der Waals surface area (Å²) in [7, 11) is 8.35. The highest BCUT2D eigenvalue weighted by atomic mass is 35.5. The van der Waals surface area contributed by atoms with Crippen molar-refractivity contribution in [1.82, 2.24) is 38.5 Å². The number of aromatic nitrogens is 6. The molecule has 6 aromatic carbocycles. The number of hydrogen-bond acceptors (Lipinski definition) is 9. The van der Waals surface area contributed by atoms with Gasteiger partial charge >= 0.3 is 0 Å². The van der Waals surface area contributed by atoms with Crippen LogP contribution in [0.15, 0.2) is 142 Å². The van der Waals surface area contributed by atoms with E-state index in [1.165, 1.54) is 42.8 Å². The Balaban J connectivity index is 0.000000209. The van der Waals surface area contributed by atoms with Gasteiger partial charge in [-0.2, -0.15) is 0 Å². The summed E-state index contributed by atoms with van der Waals surface area (Å²) in [6.07, 6.45) is 9.88. The van der Waals surface area contributed by atoms with Crippen LogP contribution < -0.4 is 16.7 Å². The molecule has 3 aliphatic heterocycles. The van der Waals surface area contributed by atoms with E-state index in [0.29, 0.717) is 98.4 Å². The van der Waals surface area contributed by atoms with Gasteiger partial charge in [0, 0.05) is 91.3 Å². The van der Waals surface area contributed by atoms with Crippen LogP contribution in [0.4, 0.5) is 13.2 Å². The lowest BCUT2D eigenvalue weighted by Gasteiger charge is -2.18. The molecule has 0 saturated carbocycles. The first kappa shape index (κ1) is 71.2. The average Bonchev–Trinajstić information content (AvgIpc) is 2.31. The number of benzene rings is 6. The van der Waals surface area contributed by atoms with Crippen LogP contribution in [0.3, 0.4) is 0 Å². The summed E-state index contributed by atoms with van der Waals surface area (Å²) in [5.74, 6) is 20.6. The van der Waals surface area contributed by atoms with E-state index in [-0.39, 0.29) is 67.3 Å². The fourth-order valence-corrected chi connectivity index (χ4v) is 11.3. The Kier molecular flexibility index (Phi) is 26.4. The fourth-order valence-electron chi connectivity index (χ4n) is 11.3. The lowest BCUT2D eigenvalue weighted by atomic mass is 10.0. The summed E-state index contributed by atoms with van der Waals surface area (Å²) in [6.45, 7) is 8.26. The Hall–Kier alpha value is -8.91. The van der Waals surface area contributed by atoms with Crippen molar-refractivity contribution in [3.8, 4) is 35.5 Å². The number of halogens is 4. The lowest BCUT2D eigenvalue weighted by Crippen LogP contribution is -2.25. The van der Waals surface area contributed by atoms with Crippen LogP contribution >= 0.6 is 12.4 Å². The predicted octanol–water partition coefficient (Wildman–Crippen LogP) is 13.1. The van der Waals surface area contributed by atoms with Crippen LogP contribution in [0.25, 0.3) is 32.7 Å². The third-order valence-electron chi connectivity index (χ3n) is 15.6. The largest absolute Gasteiger partial charge is 0.309 e. The van der Waals surface area contributed by atoms with Crippen molar-refractivity contribution in [2.75, 3.05) is 41.3 Å². The van der Waals surface area contributed by atoms with Crippen molar-refractivity contribution in [2.45, 2.75) is 113 Å². The highest BCUT2D eigenvalue weighted by molar-refractivity contribution is 5.85. The zero-order valence-electron chi connectivity index (χ0n) is 51.3. The molecule has 0 amide bonds. The zero-order chi connectivity index (χ0) is 62.3. The quantitative estimate of drug-likeness (QED) is 0.122. The molecule has 3 unspecified atom stereocenters. The average molecular weight is 1250 g/mol. The molecule has 0 aliphatic carbocycles. The minimum atomic E-state index is -0.327. The Morgan fingerprint density at radius 3 is 1.04 bits per heavy atom. The molecule has 3 atom stereocenters. The summed E-state index contributed by atoms with van der Waals surface area (Å²) in [4.78, 5) is 68.6. The van der Waals surface area contributed by atoms with Crippen molar-refractivity contribution in [2.24, 2.45) is 17.8 Å². The fraction of sp³-hybridized carbons (Fsp3) is 0.347. The summed E-state index contributed by atoms with van der Waals surface area (Å²) in [6, 6.07) is 34.8. The normalized spacial score (nSPS) is 15.3. The van der Waals surface area contributed by atoms with Gasteiger partial charge in [-0.05, 0) is 188 Å². The maximum Gasteiger partial charge on any atom is 0.261 e. The Labute approximate surface area is 539 Å². The molecule has 0 spiro atoms. The molecule has 0 N–H and O–H groups in total.